The maximum Gasteiger partial charge on any atom is 0.253 e. The van der Waals surface area contributed by atoms with Gasteiger partial charge in [0.15, 0.2) is 0 Å². The molecule has 0 N–H and O–H groups in total. The lowest BCUT2D eigenvalue weighted by molar-refractivity contribution is 0.0643. The third-order valence-corrected chi connectivity index (χ3v) is 4.51. The van der Waals surface area contributed by atoms with E-state index in [-0.39, 0.29) is 5.91 Å². The van der Waals surface area contributed by atoms with Crippen molar-refractivity contribution in [2.24, 2.45) is 0 Å². The van der Waals surface area contributed by atoms with E-state index in [2.05, 4.69) is 27.8 Å². The van der Waals surface area contributed by atoms with E-state index >= 15 is 0 Å². The Hall–Kier alpha value is -0.580. The second-order valence-corrected chi connectivity index (χ2v) is 5.62. The number of hydrogen-bond donors (Lipinski definition) is 0. The third-order valence-electron chi connectivity index (χ3n) is 3.27. The van der Waals surface area contributed by atoms with Crippen molar-refractivity contribution in [1.29, 1.82) is 0 Å². The minimum absolute atomic E-state index is 0.0696. The Balaban J connectivity index is 2.05. The van der Waals surface area contributed by atoms with Crippen LogP contribution in [0.3, 0.4) is 0 Å². The van der Waals surface area contributed by atoms with Crippen LogP contribution in [-0.2, 0) is 0 Å². The number of carbonyl (C=O) groups is 1. The number of likely N-dealkylation sites (N-methyl/N-ethyl adjacent to an activating group) is 1. The van der Waals surface area contributed by atoms with Gasteiger partial charge in [-0.1, -0.05) is 18.5 Å². The highest BCUT2D eigenvalue weighted by molar-refractivity contribution is 9.10. The number of amides is 1. The maximum absolute atomic E-state index is 12.3. The summed E-state index contributed by atoms with van der Waals surface area (Å²) in [6.07, 6.45) is 0. The zero-order chi connectivity index (χ0) is 13.1. The van der Waals surface area contributed by atoms with E-state index in [9.17, 15) is 4.79 Å². The third kappa shape index (κ3) is 3.05. The molecule has 0 unspecified atom stereocenters. The predicted octanol–water partition coefficient (Wildman–Crippen LogP) is 2.88. The standard InChI is InChI=1S/C13H16BrClN2O/c1-2-16-5-7-17(8-6-16)13(18)10-3-4-11(14)12(15)9-10/h3-4,9H,2,5-8H2,1H3. The van der Waals surface area contributed by atoms with E-state index < -0.39 is 0 Å². The molecule has 1 aliphatic rings. The van der Waals surface area contributed by atoms with Crippen molar-refractivity contribution in [3.05, 3.63) is 33.3 Å². The van der Waals surface area contributed by atoms with Crippen LogP contribution in [-0.4, -0.2) is 48.4 Å². The summed E-state index contributed by atoms with van der Waals surface area (Å²) in [6.45, 7) is 6.68. The average Bonchev–Trinajstić information content (AvgIpc) is 2.41. The van der Waals surface area contributed by atoms with Crippen LogP contribution >= 0.6 is 27.5 Å². The lowest BCUT2D eigenvalue weighted by Crippen LogP contribution is -2.48. The fourth-order valence-electron chi connectivity index (χ4n) is 2.08. The van der Waals surface area contributed by atoms with E-state index in [1.165, 1.54) is 0 Å². The molecule has 3 nitrogen and oxygen atoms in total. The molecule has 98 valence electrons. The second-order valence-electron chi connectivity index (χ2n) is 4.36. The monoisotopic (exact) mass is 330 g/mol. The molecule has 1 aliphatic heterocycles. The molecule has 1 aromatic carbocycles. The van der Waals surface area contributed by atoms with Gasteiger partial charge in [0, 0.05) is 36.2 Å². The molecule has 1 amide bonds. The zero-order valence-electron chi connectivity index (χ0n) is 10.3. The van der Waals surface area contributed by atoms with E-state index in [4.69, 9.17) is 11.6 Å². The van der Waals surface area contributed by atoms with Crippen LogP contribution in [0.5, 0.6) is 0 Å². The average molecular weight is 332 g/mol. The Bertz CT molecular complexity index is 445. The maximum atomic E-state index is 12.3. The quantitative estimate of drug-likeness (QED) is 0.832. The van der Waals surface area contributed by atoms with Crippen molar-refractivity contribution in [2.45, 2.75) is 6.92 Å². The number of nitrogens with zero attached hydrogens (tertiary/aromatic N) is 2. The van der Waals surface area contributed by atoms with Crippen molar-refractivity contribution >= 4 is 33.4 Å². The number of rotatable bonds is 2. The smallest absolute Gasteiger partial charge is 0.253 e. The first-order chi connectivity index (χ1) is 8.61. The molecule has 1 heterocycles. The summed E-state index contributed by atoms with van der Waals surface area (Å²) in [5, 5.41) is 0.577. The van der Waals surface area contributed by atoms with Gasteiger partial charge in [0.1, 0.15) is 0 Å². The molecule has 1 saturated heterocycles. The summed E-state index contributed by atoms with van der Waals surface area (Å²) in [6, 6.07) is 5.35. The molecule has 0 aliphatic carbocycles. The number of benzene rings is 1. The van der Waals surface area contributed by atoms with Gasteiger partial charge < -0.3 is 9.80 Å². The molecule has 0 aromatic heterocycles. The summed E-state index contributed by atoms with van der Waals surface area (Å²) in [7, 11) is 0. The van der Waals surface area contributed by atoms with Gasteiger partial charge in [0.05, 0.1) is 5.02 Å². The number of piperazine rings is 1. The summed E-state index contributed by atoms with van der Waals surface area (Å²) in [5.74, 6) is 0.0696. The Morgan fingerprint density at radius 1 is 1.33 bits per heavy atom. The minimum Gasteiger partial charge on any atom is -0.336 e. The molecule has 0 saturated carbocycles. The first-order valence-corrected chi connectivity index (χ1v) is 7.25. The minimum atomic E-state index is 0.0696. The molecule has 5 heteroatoms. The van der Waals surface area contributed by atoms with Crippen molar-refractivity contribution < 1.29 is 4.79 Å². The molecule has 2 rings (SSSR count). The van der Waals surface area contributed by atoms with Crippen LogP contribution in [0.15, 0.2) is 22.7 Å². The predicted molar refractivity (Wildman–Crippen MR) is 77.2 cm³/mol. The van der Waals surface area contributed by atoms with Crippen LogP contribution in [0.4, 0.5) is 0 Å². The van der Waals surface area contributed by atoms with Gasteiger partial charge in [-0.05, 0) is 40.7 Å². The second kappa shape index (κ2) is 6.04. The normalized spacial score (nSPS) is 16.9. The highest BCUT2D eigenvalue weighted by atomic mass is 79.9. The zero-order valence-corrected chi connectivity index (χ0v) is 12.7. The van der Waals surface area contributed by atoms with Gasteiger partial charge in [-0.25, -0.2) is 0 Å². The summed E-state index contributed by atoms with van der Waals surface area (Å²) in [5.41, 5.74) is 0.660. The number of halogens is 2. The fraction of sp³-hybridized carbons (Fsp3) is 0.462. The molecular formula is C13H16BrClN2O. The lowest BCUT2D eigenvalue weighted by Gasteiger charge is -2.34. The molecule has 18 heavy (non-hydrogen) atoms. The number of hydrogen-bond acceptors (Lipinski definition) is 2. The summed E-state index contributed by atoms with van der Waals surface area (Å²) < 4.78 is 0.816. The van der Waals surface area contributed by atoms with Crippen molar-refractivity contribution in [2.75, 3.05) is 32.7 Å². The van der Waals surface area contributed by atoms with Crippen LogP contribution in [0.1, 0.15) is 17.3 Å². The molecule has 0 spiro atoms. The highest BCUT2D eigenvalue weighted by Crippen LogP contribution is 2.24. The molecular weight excluding hydrogens is 316 g/mol. The summed E-state index contributed by atoms with van der Waals surface area (Å²) >= 11 is 9.34. The van der Waals surface area contributed by atoms with E-state index in [1.54, 1.807) is 6.07 Å². The lowest BCUT2D eigenvalue weighted by atomic mass is 10.2. The molecule has 1 aromatic rings. The van der Waals surface area contributed by atoms with Gasteiger partial charge in [-0.15, -0.1) is 0 Å². The van der Waals surface area contributed by atoms with Crippen molar-refractivity contribution in [1.82, 2.24) is 9.80 Å². The van der Waals surface area contributed by atoms with Crippen molar-refractivity contribution in [3.8, 4) is 0 Å². The van der Waals surface area contributed by atoms with Gasteiger partial charge >= 0.3 is 0 Å². The van der Waals surface area contributed by atoms with Gasteiger partial charge in [0.25, 0.3) is 5.91 Å². The van der Waals surface area contributed by atoms with Crippen LogP contribution in [0.25, 0.3) is 0 Å². The van der Waals surface area contributed by atoms with Crippen LogP contribution in [0, 0.1) is 0 Å². The first-order valence-electron chi connectivity index (χ1n) is 6.08. The Morgan fingerprint density at radius 3 is 2.56 bits per heavy atom. The summed E-state index contributed by atoms with van der Waals surface area (Å²) in [4.78, 5) is 16.5. The Morgan fingerprint density at radius 2 is 2.00 bits per heavy atom. The Labute approximate surface area is 121 Å². The highest BCUT2D eigenvalue weighted by Gasteiger charge is 2.21. The molecule has 0 radical (unpaired) electrons. The van der Waals surface area contributed by atoms with Crippen LogP contribution < -0.4 is 0 Å². The van der Waals surface area contributed by atoms with Gasteiger partial charge in [-0.2, -0.15) is 0 Å². The van der Waals surface area contributed by atoms with Gasteiger partial charge in [-0.3, -0.25) is 4.79 Å². The van der Waals surface area contributed by atoms with E-state index in [1.807, 2.05) is 17.0 Å². The molecule has 0 bridgehead atoms. The van der Waals surface area contributed by atoms with Gasteiger partial charge in [0.2, 0.25) is 0 Å². The van der Waals surface area contributed by atoms with Crippen molar-refractivity contribution in [3.63, 3.8) is 0 Å². The largest absolute Gasteiger partial charge is 0.336 e. The fourth-order valence-corrected chi connectivity index (χ4v) is 2.51. The van der Waals surface area contributed by atoms with E-state index in [0.717, 1.165) is 37.2 Å². The van der Waals surface area contributed by atoms with E-state index in [0.29, 0.717) is 10.6 Å². The number of carbonyl (C=O) groups excluding carboxylic acids is 1. The molecule has 1 fully saturated rings. The Kier molecular flexibility index (Phi) is 4.65. The SMILES string of the molecule is CCN1CCN(C(=O)c2ccc(Br)c(Cl)c2)CC1. The van der Waals surface area contributed by atoms with Crippen LogP contribution in [0.2, 0.25) is 5.02 Å². The topological polar surface area (TPSA) is 23.6 Å². The first kappa shape index (κ1) is 13.8. The molecule has 0 atom stereocenters.